The molecule has 0 unspecified atom stereocenters. The maximum absolute atomic E-state index is 8.84. The summed E-state index contributed by atoms with van der Waals surface area (Å²) in [6.07, 6.45) is 28.5. The molecule has 0 aliphatic heterocycles. The molecule has 3 nitrogen and oxygen atoms in total. The average molecular weight is 479 g/mol. The van der Waals surface area contributed by atoms with E-state index in [0.29, 0.717) is 0 Å². The van der Waals surface area contributed by atoms with Gasteiger partial charge in [-0.15, -0.1) is 11.8 Å². The zero-order valence-corrected chi connectivity index (χ0v) is 22.3. The Morgan fingerprint density at radius 3 is 1.06 bits per heavy atom. The first-order valence-electron chi connectivity index (χ1n) is 13.2. The molecule has 0 amide bonds. The lowest BCUT2D eigenvalue weighted by Crippen LogP contribution is -1.95. The van der Waals surface area contributed by atoms with E-state index in [9.17, 15) is 0 Å². The van der Waals surface area contributed by atoms with Crippen molar-refractivity contribution >= 4 is 28.2 Å². The molecule has 0 aromatic carbocycles. The van der Waals surface area contributed by atoms with E-state index in [1.54, 1.807) is 11.8 Å². The van der Waals surface area contributed by atoms with E-state index in [4.69, 9.17) is 27.5 Å². The zero-order chi connectivity index (χ0) is 23.3. The molecule has 0 spiro atoms. The third-order valence-corrected chi connectivity index (χ3v) is 6.92. The van der Waals surface area contributed by atoms with Crippen LogP contribution in [0.4, 0.5) is 0 Å². The molecule has 0 saturated heterocycles. The van der Waals surface area contributed by atoms with E-state index in [1.165, 1.54) is 128 Å². The van der Waals surface area contributed by atoms with E-state index in [-0.39, 0.29) is 19.8 Å². The molecule has 0 bridgehead atoms. The number of unbranched alkanes of at least 4 members (excludes halogenated alkanes) is 19. The van der Waals surface area contributed by atoms with Crippen LogP contribution in [0.25, 0.3) is 0 Å². The van der Waals surface area contributed by atoms with Gasteiger partial charge in [-0.25, -0.2) is 0 Å². The van der Waals surface area contributed by atoms with Gasteiger partial charge in [-0.3, -0.25) is 0 Å². The van der Waals surface area contributed by atoms with Gasteiger partial charge in [-0.1, -0.05) is 141 Å². The maximum Gasteiger partial charge on any atom is 0.0842 e. The molecular weight excluding hydrogens is 424 g/mol. The fraction of sp³-hybridized carbons (Fsp3) is 0.962. The second-order valence-electron chi connectivity index (χ2n) is 8.54. The lowest BCUT2D eigenvalue weighted by Gasteiger charge is -2.04. The van der Waals surface area contributed by atoms with Gasteiger partial charge in [0.15, 0.2) is 0 Å². The van der Waals surface area contributed by atoms with Crippen molar-refractivity contribution in [3.8, 4) is 0 Å². The second-order valence-corrected chi connectivity index (χ2v) is 10.5. The number of thiocarbonyl (C=S) groups is 1. The lowest BCUT2D eigenvalue weighted by atomic mass is 10.0. The van der Waals surface area contributed by atoms with Crippen molar-refractivity contribution in [2.75, 3.05) is 25.6 Å². The van der Waals surface area contributed by atoms with Gasteiger partial charge in [-0.2, -0.15) is 0 Å². The van der Waals surface area contributed by atoms with Crippen LogP contribution in [0, 0.1) is 0 Å². The number of rotatable bonds is 23. The van der Waals surface area contributed by atoms with Crippen LogP contribution in [-0.2, 0) is 0 Å². The van der Waals surface area contributed by atoms with Crippen LogP contribution < -0.4 is 0 Å². The zero-order valence-electron chi connectivity index (χ0n) is 20.6. The van der Waals surface area contributed by atoms with Gasteiger partial charge in [0.1, 0.15) is 0 Å². The Balaban J connectivity index is 0. The normalized spacial score (nSPS) is 10.7. The minimum atomic E-state index is -0.125. The van der Waals surface area contributed by atoms with Crippen molar-refractivity contribution in [1.29, 1.82) is 0 Å². The van der Waals surface area contributed by atoms with Gasteiger partial charge < -0.3 is 15.3 Å². The third kappa shape index (κ3) is 35.1. The Kier molecular flexibility index (Phi) is 35.1. The number of hydrogen-bond donors (Lipinski definition) is 3. The maximum atomic E-state index is 8.84. The van der Waals surface area contributed by atoms with Crippen LogP contribution in [-0.4, -0.2) is 45.1 Å². The molecule has 0 radical (unpaired) electrons. The third-order valence-electron chi connectivity index (χ3n) is 5.49. The van der Waals surface area contributed by atoms with Gasteiger partial charge in [0.25, 0.3) is 0 Å². The molecule has 0 aliphatic carbocycles. The largest absolute Gasteiger partial charge is 0.394 e. The van der Waals surface area contributed by atoms with Crippen LogP contribution in [0.15, 0.2) is 0 Å². The predicted molar refractivity (Wildman–Crippen MR) is 144 cm³/mol. The SMILES string of the molecule is CCCCCCCCCCCCCCCCCCCCCCSC(=S)CO.OCCO. The molecule has 0 saturated carbocycles. The van der Waals surface area contributed by atoms with Crippen molar-refractivity contribution in [2.45, 2.75) is 135 Å². The summed E-state index contributed by atoms with van der Waals surface area (Å²) in [7, 11) is 0. The number of aliphatic hydroxyl groups is 3. The second kappa shape index (κ2) is 32.5. The van der Waals surface area contributed by atoms with Gasteiger partial charge in [0.2, 0.25) is 0 Å². The van der Waals surface area contributed by atoms with Crippen molar-refractivity contribution < 1.29 is 15.3 Å². The molecule has 0 aliphatic rings. The predicted octanol–water partition coefficient (Wildman–Crippen LogP) is 7.83. The van der Waals surface area contributed by atoms with E-state index >= 15 is 0 Å². The molecule has 0 rings (SSSR count). The summed E-state index contributed by atoms with van der Waals surface area (Å²) >= 11 is 6.64. The number of aliphatic hydroxyl groups excluding tert-OH is 3. The van der Waals surface area contributed by atoms with E-state index in [2.05, 4.69) is 6.92 Å². The summed E-state index contributed by atoms with van der Waals surface area (Å²) in [6, 6.07) is 0. The van der Waals surface area contributed by atoms with Crippen LogP contribution in [0.3, 0.4) is 0 Å². The standard InChI is InChI=1S/C24H48OS2.C2H6O2/c1-2-3-4-5-6-7-8-9-10-11-12-13-14-15-16-17-18-19-20-21-22-27-24(26)23-25;3-1-2-4/h25H,2-23H2,1H3;3-4H,1-2H2. The Bertz CT molecular complexity index is 326. The van der Waals surface area contributed by atoms with Crippen molar-refractivity contribution in [2.24, 2.45) is 0 Å². The fourth-order valence-corrected chi connectivity index (χ4v) is 4.51. The lowest BCUT2D eigenvalue weighted by molar-refractivity contribution is 0.186. The summed E-state index contributed by atoms with van der Waals surface area (Å²) in [5, 5.41) is 24.1. The highest BCUT2D eigenvalue weighted by Gasteiger charge is 1.97. The molecule has 0 aromatic rings. The van der Waals surface area contributed by atoms with Crippen LogP contribution in [0.1, 0.15) is 135 Å². The van der Waals surface area contributed by atoms with Gasteiger partial charge in [0.05, 0.1) is 24.0 Å². The minimum absolute atomic E-state index is 0.0548. The first-order valence-corrected chi connectivity index (χ1v) is 14.6. The van der Waals surface area contributed by atoms with Crippen LogP contribution in [0.2, 0.25) is 0 Å². The highest BCUT2D eigenvalue weighted by atomic mass is 32.2. The van der Waals surface area contributed by atoms with Crippen LogP contribution in [0.5, 0.6) is 0 Å². The van der Waals surface area contributed by atoms with E-state index < -0.39 is 0 Å². The Morgan fingerprint density at radius 1 is 0.516 bits per heavy atom. The number of thioether (sulfide) groups is 1. The Hall–Kier alpha value is 0.320. The molecule has 0 fully saturated rings. The molecular formula is C26H54O3S2. The van der Waals surface area contributed by atoms with E-state index in [0.717, 1.165) is 9.95 Å². The topological polar surface area (TPSA) is 60.7 Å². The summed E-state index contributed by atoms with van der Waals surface area (Å²) in [5.74, 6) is 1.08. The van der Waals surface area contributed by atoms with Crippen molar-refractivity contribution in [1.82, 2.24) is 0 Å². The van der Waals surface area contributed by atoms with Crippen molar-refractivity contribution in [3.63, 3.8) is 0 Å². The summed E-state index contributed by atoms with van der Waals surface area (Å²) in [5.41, 5.74) is 0. The Morgan fingerprint density at radius 2 is 0.806 bits per heavy atom. The van der Waals surface area contributed by atoms with Crippen molar-refractivity contribution in [3.05, 3.63) is 0 Å². The Labute approximate surface area is 204 Å². The summed E-state index contributed by atoms with van der Waals surface area (Å²) in [6.45, 7) is 2.10. The summed E-state index contributed by atoms with van der Waals surface area (Å²) in [4.78, 5) is 0. The highest BCUT2D eigenvalue weighted by Crippen LogP contribution is 2.15. The minimum Gasteiger partial charge on any atom is -0.394 e. The summed E-state index contributed by atoms with van der Waals surface area (Å²) < 4.78 is 0.743. The molecule has 0 heterocycles. The fourth-order valence-electron chi connectivity index (χ4n) is 3.59. The average Bonchev–Trinajstić information content (AvgIpc) is 2.80. The molecule has 3 N–H and O–H groups in total. The van der Waals surface area contributed by atoms with Gasteiger partial charge in [-0.05, 0) is 12.2 Å². The molecule has 0 aromatic heterocycles. The monoisotopic (exact) mass is 478 g/mol. The molecule has 0 atom stereocenters. The molecule has 31 heavy (non-hydrogen) atoms. The highest BCUT2D eigenvalue weighted by molar-refractivity contribution is 8.23. The molecule has 5 heteroatoms. The van der Waals surface area contributed by atoms with E-state index in [1.807, 2.05) is 0 Å². The molecule has 188 valence electrons. The number of hydrogen-bond acceptors (Lipinski definition) is 5. The quantitative estimate of drug-likeness (QED) is 0.103. The first kappa shape index (κ1) is 33.5. The first-order chi connectivity index (χ1) is 15.2. The van der Waals surface area contributed by atoms with Gasteiger partial charge in [0, 0.05) is 0 Å². The van der Waals surface area contributed by atoms with Gasteiger partial charge >= 0.3 is 0 Å². The van der Waals surface area contributed by atoms with Crippen LogP contribution >= 0.6 is 24.0 Å². The smallest absolute Gasteiger partial charge is 0.0842 e.